The van der Waals surface area contributed by atoms with Crippen LogP contribution in [0.3, 0.4) is 0 Å². The van der Waals surface area contributed by atoms with Gasteiger partial charge in [0.2, 0.25) is 0 Å². The van der Waals surface area contributed by atoms with Crippen LogP contribution in [0.2, 0.25) is 0 Å². The molecule has 0 bridgehead atoms. The number of aromatic nitrogens is 1. The number of benzene rings is 1. The standard InChI is InChI=1S/C18H24N4OS2.HI/c1-19-17(20-7-2-11-24-18-22-9-12-25-18)21-8-5-14-3-4-16-15(13-14)6-10-23-16;/h3-4,9,12-13H,2,5-8,10-11H2,1H3,(H2,19,20,21);1H. The molecule has 142 valence electrons. The van der Waals surface area contributed by atoms with Gasteiger partial charge in [-0.2, -0.15) is 0 Å². The second kappa shape index (κ2) is 11.7. The molecule has 0 radical (unpaired) electrons. The molecule has 0 amide bonds. The Morgan fingerprint density at radius 3 is 3.04 bits per heavy atom. The first-order chi connectivity index (χ1) is 12.3. The van der Waals surface area contributed by atoms with Gasteiger partial charge < -0.3 is 15.4 Å². The van der Waals surface area contributed by atoms with E-state index in [0.29, 0.717) is 0 Å². The van der Waals surface area contributed by atoms with E-state index in [0.717, 1.165) is 60.8 Å². The van der Waals surface area contributed by atoms with Crippen LogP contribution in [0.15, 0.2) is 39.1 Å². The number of thioether (sulfide) groups is 1. The molecule has 0 saturated heterocycles. The molecule has 2 N–H and O–H groups in total. The second-order valence-electron chi connectivity index (χ2n) is 5.72. The molecule has 1 aliphatic rings. The first kappa shape index (κ1) is 21.3. The average Bonchev–Trinajstić information content (AvgIpc) is 3.31. The number of ether oxygens (including phenoxy) is 1. The smallest absolute Gasteiger partial charge is 0.190 e. The maximum atomic E-state index is 5.55. The molecule has 2 aromatic rings. The van der Waals surface area contributed by atoms with Gasteiger partial charge in [-0.3, -0.25) is 4.99 Å². The number of guanidine groups is 1. The first-order valence-corrected chi connectivity index (χ1v) is 10.4. The number of rotatable bonds is 8. The van der Waals surface area contributed by atoms with Crippen molar-refractivity contribution >= 4 is 53.0 Å². The van der Waals surface area contributed by atoms with Gasteiger partial charge in [-0.15, -0.1) is 35.3 Å². The number of nitrogens with one attached hydrogen (secondary N) is 2. The predicted octanol–water partition coefficient (Wildman–Crippen LogP) is 3.59. The molecule has 2 heterocycles. The van der Waals surface area contributed by atoms with E-state index in [1.165, 1.54) is 11.1 Å². The highest BCUT2D eigenvalue weighted by Gasteiger charge is 2.11. The number of nitrogens with zero attached hydrogens (tertiary/aromatic N) is 2. The number of aliphatic imine (C=N–C) groups is 1. The molecule has 0 atom stereocenters. The zero-order chi connectivity index (χ0) is 17.3. The lowest BCUT2D eigenvalue weighted by molar-refractivity contribution is 0.357. The van der Waals surface area contributed by atoms with Gasteiger partial charge in [0.05, 0.1) is 6.61 Å². The highest BCUT2D eigenvalue weighted by molar-refractivity contribution is 14.0. The molecule has 26 heavy (non-hydrogen) atoms. The molecule has 0 spiro atoms. The van der Waals surface area contributed by atoms with E-state index in [1.807, 2.05) is 30.4 Å². The summed E-state index contributed by atoms with van der Waals surface area (Å²) in [7, 11) is 1.81. The molecular weight excluding hydrogens is 479 g/mol. The Hall–Kier alpha value is -1.000. The lowest BCUT2D eigenvalue weighted by Crippen LogP contribution is -2.38. The largest absolute Gasteiger partial charge is 0.493 e. The van der Waals surface area contributed by atoms with Crippen LogP contribution in [0.5, 0.6) is 5.75 Å². The van der Waals surface area contributed by atoms with Crippen LogP contribution >= 0.6 is 47.1 Å². The van der Waals surface area contributed by atoms with E-state index < -0.39 is 0 Å². The van der Waals surface area contributed by atoms with Gasteiger partial charge in [0.25, 0.3) is 0 Å². The number of hydrogen-bond donors (Lipinski definition) is 2. The summed E-state index contributed by atoms with van der Waals surface area (Å²) in [4.78, 5) is 8.56. The molecule has 1 aliphatic heterocycles. The Labute approximate surface area is 180 Å². The normalized spacial score (nSPS) is 12.9. The van der Waals surface area contributed by atoms with Gasteiger partial charge in [0, 0.05) is 43.9 Å². The molecule has 0 saturated carbocycles. The lowest BCUT2D eigenvalue weighted by Gasteiger charge is -2.12. The van der Waals surface area contributed by atoms with Gasteiger partial charge in [0.1, 0.15) is 10.1 Å². The van der Waals surface area contributed by atoms with E-state index in [1.54, 1.807) is 11.3 Å². The fourth-order valence-corrected chi connectivity index (χ4v) is 4.31. The molecule has 8 heteroatoms. The van der Waals surface area contributed by atoms with E-state index in [4.69, 9.17) is 4.74 Å². The summed E-state index contributed by atoms with van der Waals surface area (Å²) in [5, 5.41) is 8.76. The Balaban J connectivity index is 0.00000243. The summed E-state index contributed by atoms with van der Waals surface area (Å²) in [6, 6.07) is 6.50. The Morgan fingerprint density at radius 1 is 1.35 bits per heavy atom. The lowest BCUT2D eigenvalue weighted by atomic mass is 10.1. The van der Waals surface area contributed by atoms with E-state index in [9.17, 15) is 0 Å². The van der Waals surface area contributed by atoms with Crippen molar-refractivity contribution in [2.24, 2.45) is 4.99 Å². The minimum absolute atomic E-state index is 0. The Morgan fingerprint density at radius 2 is 2.23 bits per heavy atom. The summed E-state index contributed by atoms with van der Waals surface area (Å²) in [6.07, 6.45) is 4.94. The third-order valence-corrected chi connectivity index (χ3v) is 5.98. The van der Waals surface area contributed by atoms with Crippen LogP contribution in [-0.2, 0) is 12.8 Å². The molecule has 0 aliphatic carbocycles. The molecular formula is C18H25IN4OS2. The molecule has 1 aromatic carbocycles. The molecule has 0 fully saturated rings. The Bertz CT molecular complexity index is 695. The number of fused-ring (bicyclic) bond motifs is 1. The van der Waals surface area contributed by atoms with Crippen LogP contribution in [0.1, 0.15) is 17.5 Å². The maximum absolute atomic E-state index is 5.55. The maximum Gasteiger partial charge on any atom is 0.190 e. The van der Waals surface area contributed by atoms with Crippen LogP contribution in [0, 0.1) is 0 Å². The average molecular weight is 504 g/mol. The van der Waals surface area contributed by atoms with Gasteiger partial charge >= 0.3 is 0 Å². The van der Waals surface area contributed by atoms with Crippen molar-refractivity contribution in [2.75, 3.05) is 32.5 Å². The van der Waals surface area contributed by atoms with E-state index >= 15 is 0 Å². The van der Waals surface area contributed by atoms with Crippen LogP contribution in [-0.4, -0.2) is 43.4 Å². The predicted molar refractivity (Wildman–Crippen MR) is 122 cm³/mol. The highest BCUT2D eigenvalue weighted by atomic mass is 127. The van der Waals surface area contributed by atoms with Crippen molar-refractivity contribution < 1.29 is 4.74 Å². The third-order valence-electron chi connectivity index (χ3n) is 3.93. The minimum atomic E-state index is 0. The van der Waals surface area contributed by atoms with Crippen molar-refractivity contribution in [1.82, 2.24) is 15.6 Å². The summed E-state index contributed by atoms with van der Waals surface area (Å²) >= 11 is 3.50. The van der Waals surface area contributed by atoms with Gasteiger partial charge in [-0.05, 0) is 30.0 Å². The summed E-state index contributed by atoms with van der Waals surface area (Å²) < 4.78 is 6.69. The monoisotopic (exact) mass is 504 g/mol. The molecule has 3 rings (SSSR count). The van der Waals surface area contributed by atoms with E-state index in [-0.39, 0.29) is 24.0 Å². The second-order valence-corrected chi connectivity index (χ2v) is 7.95. The van der Waals surface area contributed by atoms with Crippen molar-refractivity contribution in [3.05, 3.63) is 40.9 Å². The number of hydrogen-bond acceptors (Lipinski definition) is 5. The summed E-state index contributed by atoms with van der Waals surface area (Å²) in [5.41, 5.74) is 2.67. The van der Waals surface area contributed by atoms with Crippen molar-refractivity contribution in [3.8, 4) is 5.75 Å². The zero-order valence-corrected chi connectivity index (χ0v) is 18.8. The third kappa shape index (κ3) is 6.62. The number of thiazole rings is 1. The fourth-order valence-electron chi connectivity index (χ4n) is 2.66. The SMILES string of the molecule is CN=C(NCCCSc1nccs1)NCCc1ccc2c(c1)CCO2.I. The molecule has 0 unspecified atom stereocenters. The van der Waals surface area contributed by atoms with Crippen LogP contribution in [0.25, 0.3) is 0 Å². The van der Waals surface area contributed by atoms with Crippen LogP contribution in [0.4, 0.5) is 0 Å². The van der Waals surface area contributed by atoms with Crippen molar-refractivity contribution in [3.63, 3.8) is 0 Å². The summed E-state index contributed by atoms with van der Waals surface area (Å²) in [6.45, 7) is 2.59. The first-order valence-electron chi connectivity index (χ1n) is 8.56. The highest BCUT2D eigenvalue weighted by Crippen LogP contribution is 2.25. The van der Waals surface area contributed by atoms with Crippen LogP contribution < -0.4 is 15.4 Å². The zero-order valence-electron chi connectivity index (χ0n) is 14.9. The number of halogens is 1. The van der Waals surface area contributed by atoms with E-state index in [2.05, 4.69) is 38.8 Å². The Kier molecular flexibility index (Phi) is 9.55. The van der Waals surface area contributed by atoms with Gasteiger partial charge in [0.15, 0.2) is 5.96 Å². The molecule has 1 aromatic heterocycles. The molecule has 5 nitrogen and oxygen atoms in total. The van der Waals surface area contributed by atoms with Gasteiger partial charge in [-0.25, -0.2) is 4.98 Å². The summed E-state index contributed by atoms with van der Waals surface area (Å²) in [5.74, 6) is 2.97. The fraction of sp³-hybridized carbons (Fsp3) is 0.444. The van der Waals surface area contributed by atoms with Crippen molar-refractivity contribution in [1.29, 1.82) is 0 Å². The topological polar surface area (TPSA) is 58.5 Å². The minimum Gasteiger partial charge on any atom is -0.493 e. The van der Waals surface area contributed by atoms with Gasteiger partial charge in [-0.1, -0.05) is 23.9 Å². The quantitative estimate of drug-likeness (QED) is 0.189. The van der Waals surface area contributed by atoms with Crippen molar-refractivity contribution in [2.45, 2.75) is 23.6 Å².